The highest BCUT2D eigenvalue weighted by Gasteiger charge is 2.31. The molecule has 1 aromatic rings. The maximum absolute atomic E-state index is 12.9. The molecule has 2 N–H and O–H groups in total. The van der Waals surface area contributed by atoms with Gasteiger partial charge >= 0.3 is 0 Å². The normalized spacial score (nSPS) is 24.5. The van der Waals surface area contributed by atoms with Crippen LogP contribution in [0.3, 0.4) is 0 Å². The minimum Gasteiger partial charge on any atom is -0.376 e. The van der Waals surface area contributed by atoms with Gasteiger partial charge in [0.05, 0.1) is 16.5 Å². The Morgan fingerprint density at radius 2 is 2.27 bits per heavy atom. The number of carbonyl (C=O) groups is 2. The Bertz CT molecular complexity index is 549. The molecule has 2 aliphatic rings. The summed E-state index contributed by atoms with van der Waals surface area (Å²) in [6.45, 7) is 1.44. The van der Waals surface area contributed by atoms with Gasteiger partial charge in [0.1, 0.15) is 0 Å². The molecule has 7 heteroatoms. The Labute approximate surface area is 138 Å². The molecule has 0 bridgehead atoms. The molecule has 120 valence electrons. The molecule has 3 rings (SSSR count). The zero-order valence-electron chi connectivity index (χ0n) is 12.3. The number of nitrogens with zero attached hydrogens (tertiary/aromatic N) is 1. The van der Waals surface area contributed by atoms with Gasteiger partial charge in [-0.05, 0) is 31.1 Å². The van der Waals surface area contributed by atoms with Gasteiger partial charge in [0, 0.05) is 30.3 Å². The maximum atomic E-state index is 12.9. The SMILES string of the molecule is NC(=O)c1csc(C(=O)N(CC2CCCO2)C2CCSC2)c1. The zero-order valence-corrected chi connectivity index (χ0v) is 14.0. The molecule has 0 aromatic carbocycles. The molecule has 0 spiro atoms. The van der Waals surface area contributed by atoms with Crippen molar-refractivity contribution in [3.63, 3.8) is 0 Å². The van der Waals surface area contributed by atoms with Crippen molar-refractivity contribution in [1.82, 2.24) is 4.90 Å². The lowest BCUT2D eigenvalue weighted by molar-refractivity contribution is 0.0445. The Balaban J connectivity index is 1.76. The van der Waals surface area contributed by atoms with Gasteiger partial charge in [0.25, 0.3) is 5.91 Å². The lowest BCUT2D eigenvalue weighted by atomic mass is 10.1. The molecule has 2 unspecified atom stereocenters. The summed E-state index contributed by atoms with van der Waals surface area (Å²) in [5.41, 5.74) is 5.69. The van der Waals surface area contributed by atoms with Gasteiger partial charge in [-0.15, -0.1) is 11.3 Å². The van der Waals surface area contributed by atoms with E-state index in [9.17, 15) is 9.59 Å². The van der Waals surface area contributed by atoms with E-state index in [0.29, 0.717) is 17.0 Å². The molecule has 2 fully saturated rings. The van der Waals surface area contributed by atoms with Crippen molar-refractivity contribution >= 4 is 34.9 Å². The number of thiophene rings is 1. The summed E-state index contributed by atoms with van der Waals surface area (Å²) in [6, 6.07) is 1.88. The molecule has 0 saturated carbocycles. The number of hydrogen-bond acceptors (Lipinski definition) is 5. The molecule has 2 amide bonds. The quantitative estimate of drug-likeness (QED) is 0.889. The number of primary amides is 1. The summed E-state index contributed by atoms with van der Waals surface area (Å²) in [5, 5.41) is 1.66. The van der Waals surface area contributed by atoms with E-state index in [1.807, 2.05) is 16.7 Å². The van der Waals surface area contributed by atoms with Crippen molar-refractivity contribution in [2.75, 3.05) is 24.7 Å². The van der Waals surface area contributed by atoms with Gasteiger partial charge in [-0.1, -0.05) is 0 Å². The summed E-state index contributed by atoms with van der Waals surface area (Å²) in [5.74, 6) is 1.58. The van der Waals surface area contributed by atoms with Crippen molar-refractivity contribution < 1.29 is 14.3 Å². The number of thioether (sulfide) groups is 1. The van der Waals surface area contributed by atoms with Crippen LogP contribution in [0.2, 0.25) is 0 Å². The lowest BCUT2D eigenvalue weighted by Crippen LogP contribution is -2.44. The van der Waals surface area contributed by atoms with Crippen LogP contribution in [0.1, 0.15) is 39.3 Å². The van der Waals surface area contributed by atoms with E-state index >= 15 is 0 Å². The van der Waals surface area contributed by atoms with Crippen LogP contribution in [0, 0.1) is 0 Å². The first-order valence-electron chi connectivity index (χ1n) is 7.54. The zero-order chi connectivity index (χ0) is 15.5. The standard InChI is InChI=1S/C15H20N2O3S2/c16-14(18)10-6-13(22-8-10)15(19)17(11-3-5-21-9-11)7-12-2-1-4-20-12/h6,8,11-12H,1-5,7,9H2,(H2,16,18). The van der Waals surface area contributed by atoms with Gasteiger partial charge in [0.15, 0.2) is 0 Å². The summed E-state index contributed by atoms with van der Waals surface area (Å²) >= 11 is 3.18. The highest BCUT2D eigenvalue weighted by molar-refractivity contribution is 7.99. The molecule has 5 nitrogen and oxygen atoms in total. The third-order valence-electron chi connectivity index (χ3n) is 4.13. The average molecular weight is 340 g/mol. The predicted molar refractivity (Wildman–Crippen MR) is 88.6 cm³/mol. The van der Waals surface area contributed by atoms with Gasteiger partial charge in [-0.2, -0.15) is 11.8 Å². The van der Waals surface area contributed by atoms with Crippen molar-refractivity contribution in [1.29, 1.82) is 0 Å². The van der Waals surface area contributed by atoms with E-state index in [0.717, 1.165) is 37.4 Å². The molecule has 0 aliphatic carbocycles. The fraction of sp³-hybridized carbons (Fsp3) is 0.600. The number of nitrogens with two attached hydrogens (primary N) is 1. The van der Waals surface area contributed by atoms with Crippen LogP contribution in [-0.2, 0) is 4.74 Å². The van der Waals surface area contributed by atoms with Crippen LogP contribution in [0.15, 0.2) is 11.4 Å². The average Bonchev–Trinajstić information content (AvgIpc) is 3.24. The lowest BCUT2D eigenvalue weighted by Gasteiger charge is -2.30. The van der Waals surface area contributed by atoms with Crippen molar-refractivity contribution in [2.24, 2.45) is 5.73 Å². The molecular formula is C15H20N2O3S2. The fourth-order valence-electron chi connectivity index (χ4n) is 2.89. The van der Waals surface area contributed by atoms with Crippen molar-refractivity contribution in [3.05, 3.63) is 21.9 Å². The molecule has 2 saturated heterocycles. The third kappa shape index (κ3) is 3.47. The monoisotopic (exact) mass is 340 g/mol. The second-order valence-electron chi connectivity index (χ2n) is 5.67. The Kier molecular flexibility index (Phi) is 5.05. The number of carbonyl (C=O) groups excluding carboxylic acids is 2. The van der Waals surface area contributed by atoms with Crippen molar-refractivity contribution in [2.45, 2.75) is 31.4 Å². The summed E-state index contributed by atoms with van der Waals surface area (Å²) in [6.07, 6.45) is 3.25. The Hall–Kier alpha value is -1.05. The van der Waals surface area contributed by atoms with Crippen LogP contribution in [-0.4, -0.2) is 53.5 Å². The third-order valence-corrected chi connectivity index (χ3v) is 6.19. The predicted octanol–water partition coefficient (Wildman–Crippen LogP) is 1.97. The van der Waals surface area contributed by atoms with E-state index in [4.69, 9.17) is 10.5 Å². The molecule has 1 aromatic heterocycles. The van der Waals surface area contributed by atoms with Crippen LogP contribution >= 0.6 is 23.1 Å². The number of amides is 2. The van der Waals surface area contributed by atoms with E-state index in [1.165, 1.54) is 11.3 Å². The topological polar surface area (TPSA) is 72.6 Å². The van der Waals surface area contributed by atoms with Crippen LogP contribution in [0.5, 0.6) is 0 Å². The summed E-state index contributed by atoms with van der Waals surface area (Å²) in [7, 11) is 0. The number of ether oxygens (including phenoxy) is 1. The Morgan fingerprint density at radius 1 is 1.41 bits per heavy atom. The van der Waals surface area contributed by atoms with Crippen LogP contribution in [0.25, 0.3) is 0 Å². The molecule has 2 aliphatic heterocycles. The van der Waals surface area contributed by atoms with Gasteiger partial charge in [-0.3, -0.25) is 9.59 Å². The molecule has 3 heterocycles. The smallest absolute Gasteiger partial charge is 0.264 e. The Morgan fingerprint density at radius 3 is 2.86 bits per heavy atom. The van der Waals surface area contributed by atoms with Crippen molar-refractivity contribution in [3.8, 4) is 0 Å². The van der Waals surface area contributed by atoms with Gasteiger partial charge in [0.2, 0.25) is 5.91 Å². The summed E-state index contributed by atoms with van der Waals surface area (Å²) < 4.78 is 5.70. The number of hydrogen-bond donors (Lipinski definition) is 1. The minimum atomic E-state index is -0.489. The van der Waals surface area contributed by atoms with E-state index in [2.05, 4.69) is 0 Å². The maximum Gasteiger partial charge on any atom is 0.264 e. The first kappa shape index (κ1) is 15.8. The molecule has 22 heavy (non-hydrogen) atoms. The van der Waals surface area contributed by atoms with Gasteiger partial charge < -0.3 is 15.4 Å². The number of rotatable bonds is 5. The van der Waals surface area contributed by atoms with E-state index < -0.39 is 5.91 Å². The molecule has 0 radical (unpaired) electrons. The fourth-order valence-corrected chi connectivity index (χ4v) is 4.97. The summed E-state index contributed by atoms with van der Waals surface area (Å²) in [4.78, 5) is 26.6. The molecular weight excluding hydrogens is 320 g/mol. The highest BCUT2D eigenvalue weighted by atomic mass is 32.2. The first-order valence-corrected chi connectivity index (χ1v) is 9.57. The van der Waals surface area contributed by atoms with Crippen LogP contribution in [0.4, 0.5) is 0 Å². The molecule has 2 atom stereocenters. The minimum absolute atomic E-state index is 0.000463. The van der Waals surface area contributed by atoms with Gasteiger partial charge in [-0.25, -0.2) is 0 Å². The second kappa shape index (κ2) is 7.02. The van der Waals surface area contributed by atoms with E-state index in [-0.39, 0.29) is 18.1 Å². The highest BCUT2D eigenvalue weighted by Crippen LogP contribution is 2.27. The van der Waals surface area contributed by atoms with E-state index in [1.54, 1.807) is 11.4 Å². The first-order chi connectivity index (χ1) is 10.6. The van der Waals surface area contributed by atoms with Crippen LogP contribution < -0.4 is 5.73 Å². The largest absolute Gasteiger partial charge is 0.376 e. The second-order valence-corrected chi connectivity index (χ2v) is 7.73.